The van der Waals surface area contributed by atoms with E-state index in [0.717, 1.165) is 34.7 Å². The average Bonchev–Trinajstić information content (AvgIpc) is 2.79. The maximum Gasteiger partial charge on any atom is 0.253 e. The van der Waals surface area contributed by atoms with Crippen LogP contribution in [0.3, 0.4) is 0 Å². The first-order valence-corrected chi connectivity index (χ1v) is 10.2. The summed E-state index contributed by atoms with van der Waals surface area (Å²) in [6.07, 6.45) is 1.70. The monoisotopic (exact) mass is 383 g/mol. The summed E-state index contributed by atoms with van der Waals surface area (Å²) in [6, 6.07) is 24.4. The second-order valence-corrected chi connectivity index (χ2v) is 7.70. The SMILES string of the molecule is N#CC(c1ccccc1)C1CCN(C(=O)c2ccc3cccc(CN)c3c2)CC1. The minimum Gasteiger partial charge on any atom is -0.339 e. The number of benzene rings is 3. The molecule has 1 heterocycles. The topological polar surface area (TPSA) is 70.1 Å². The summed E-state index contributed by atoms with van der Waals surface area (Å²) < 4.78 is 0. The van der Waals surface area contributed by atoms with Gasteiger partial charge in [0.1, 0.15) is 0 Å². The van der Waals surface area contributed by atoms with E-state index in [2.05, 4.69) is 6.07 Å². The normalized spacial score (nSPS) is 15.8. The third kappa shape index (κ3) is 3.87. The Balaban J connectivity index is 1.48. The number of carbonyl (C=O) groups is 1. The van der Waals surface area contributed by atoms with Gasteiger partial charge in [0, 0.05) is 25.2 Å². The molecule has 1 aliphatic rings. The van der Waals surface area contributed by atoms with E-state index in [-0.39, 0.29) is 17.7 Å². The van der Waals surface area contributed by atoms with Crippen molar-refractivity contribution in [3.8, 4) is 6.07 Å². The van der Waals surface area contributed by atoms with Gasteiger partial charge >= 0.3 is 0 Å². The predicted octanol–water partition coefficient (Wildman–Crippen LogP) is 4.46. The molecular formula is C25H25N3O. The van der Waals surface area contributed by atoms with Crippen LogP contribution in [0.2, 0.25) is 0 Å². The molecule has 0 saturated carbocycles. The van der Waals surface area contributed by atoms with Gasteiger partial charge in [-0.2, -0.15) is 5.26 Å². The Labute approximate surface area is 171 Å². The van der Waals surface area contributed by atoms with Crippen LogP contribution < -0.4 is 5.73 Å². The van der Waals surface area contributed by atoms with Crippen LogP contribution in [0.5, 0.6) is 0 Å². The molecule has 146 valence electrons. The Kier molecular flexibility index (Phi) is 5.59. The first-order valence-electron chi connectivity index (χ1n) is 10.2. The number of amides is 1. The molecule has 29 heavy (non-hydrogen) atoms. The Bertz CT molecular complexity index is 1050. The van der Waals surface area contributed by atoms with E-state index in [1.54, 1.807) is 0 Å². The molecule has 1 amide bonds. The second kappa shape index (κ2) is 8.46. The van der Waals surface area contributed by atoms with E-state index >= 15 is 0 Å². The summed E-state index contributed by atoms with van der Waals surface area (Å²) in [5.41, 5.74) is 8.70. The Morgan fingerprint density at radius 1 is 1.07 bits per heavy atom. The Hall–Kier alpha value is -3.16. The molecule has 0 spiro atoms. The van der Waals surface area contributed by atoms with E-state index in [4.69, 9.17) is 5.73 Å². The maximum atomic E-state index is 13.1. The third-order valence-corrected chi connectivity index (χ3v) is 6.04. The van der Waals surface area contributed by atoms with Crippen LogP contribution in [0, 0.1) is 17.2 Å². The third-order valence-electron chi connectivity index (χ3n) is 6.04. The van der Waals surface area contributed by atoms with Gasteiger partial charge in [-0.25, -0.2) is 0 Å². The van der Waals surface area contributed by atoms with E-state index in [1.165, 1.54) is 0 Å². The molecule has 0 aromatic heterocycles. The zero-order chi connectivity index (χ0) is 20.2. The van der Waals surface area contributed by atoms with Crippen LogP contribution in [0.1, 0.15) is 40.2 Å². The molecule has 1 saturated heterocycles. The summed E-state index contributed by atoms with van der Waals surface area (Å²) in [5, 5.41) is 11.8. The van der Waals surface area contributed by atoms with Crippen molar-refractivity contribution in [1.29, 1.82) is 5.26 Å². The van der Waals surface area contributed by atoms with Crippen LogP contribution >= 0.6 is 0 Å². The fraction of sp³-hybridized carbons (Fsp3) is 0.280. The van der Waals surface area contributed by atoms with Crippen molar-refractivity contribution in [3.63, 3.8) is 0 Å². The molecule has 1 aliphatic heterocycles. The first kappa shape index (κ1) is 19.2. The van der Waals surface area contributed by atoms with Gasteiger partial charge in [0.05, 0.1) is 12.0 Å². The number of piperidine rings is 1. The molecule has 0 bridgehead atoms. The van der Waals surface area contributed by atoms with E-state index < -0.39 is 0 Å². The highest BCUT2D eigenvalue weighted by Gasteiger charge is 2.29. The Morgan fingerprint density at radius 2 is 1.83 bits per heavy atom. The molecule has 1 fully saturated rings. The lowest BCUT2D eigenvalue weighted by molar-refractivity contribution is 0.0685. The van der Waals surface area contributed by atoms with E-state index in [9.17, 15) is 10.1 Å². The van der Waals surface area contributed by atoms with E-state index in [1.807, 2.05) is 71.6 Å². The molecule has 1 atom stereocenters. The average molecular weight is 383 g/mol. The lowest BCUT2D eigenvalue weighted by Gasteiger charge is -2.34. The van der Waals surface area contributed by atoms with Gasteiger partial charge in [0.2, 0.25) is 0 Å². The molecule has 0 radical (unpaired) electrons. The molecule has 4 rings (SSSR count). The summed E-state index contributed by atoms with van der Waals surface area (Å²) >= 11 is 0. The standard InChI is InChI=1S/C25H25N3O/c26-16-22-8-4-7-19-9-10-21(15-23(19)22)25(29)28-13-11-20(12-14-28)24(17-27)18-5-2-1-3-6-18/h1-10,15,20,24H,11-14,16,26H2. The van der Waals surface area contributed by atoms with Crippen LogP contribution in [0.15, 0.2) is 66.7 Å². The van der Waals surface area contributed by atoms with Gasteiger partial charge in [-0.3, -0.25) is 4.79 Å². The van der Waals surface area contributed by atoms with Gasteiger partial charge in [-0.15, -0.1) is 0 Å². The first-order chi connectivity index (χ1) is 14.2. The number of fused-ring (bicyclic) bond motifs is 1. The van der Waals surface area contributed by atoms with Crippen molar-refractivity contribution in [2.24, 2.45) is 11.7 Å². The number of nitrogens with two attached hydrogens (primary N) is 1. The van der Waals surface area contributed by atoms with Crippen LogP contribution in [-0.2, 0) is 6.54 Å². The molecule has 2 N–H and O–H groups in total. The van der Waals surface area contributed by atoms with Crippen LogP contribution in [0.4, 0.5) is 0 Å². The van der Waals surface area contributed by atoms with Crippen LogP contribution in [0.25, 0.3) is 10.8 Å². The van der Waals surface area contributed by atoms with Crippen molar-refractivity contribution in [3.05, 3.63) is 83.4 Å². The fourth-order valence-electron chi connectivity index (χ4n) is 4.38. The number of likely N-dealkylation sites (tertiary alicyclic amines) is 1. The highest BCUT2D eigenvalue weighted by molar-refractivity contribution is 5.99. The van der Waals surface area contributed by atoms with Crippen molar-refractivity contribution in [2.75, 3.05) is 13.1 Å². The molecule has 1 unspecified atom stereocenters. The quantitative estimate of drug-likeness (QED) is 0.723. The van der Waals surface area contributed by atoms with Gasteiger partial charge in [-0.05, 0) is 52.8 Å². The molecule has 3 aromatic carbocycles. The van der Waals surface area contributed by atoms with Crippen molar-refractivity contribution in [1.82, 2.24) is 4.90 Å². The summed E-state index contributed by atoms with van der Waals surface area (Å²) in [6.45, 7) is 1.82. The smallest absolute Gasteiger partial charge is 0.253 e. The van der Waals surface area contributed by atoms with Gasteiger partial charge in [-0.1, -0.05) is 54.6 Å². The highest BCUT2D eigenvalue weighted by Crippen LogP contribution is 2.33. The number of nitriles is 1. The zero-order valence-electron chi connectivity index (χ0n) is 16.4. The number of nitrogens with zero attached hydrogens (tertiary/aromatic N) is 2. The number of hydrogen-bond acceptors (Lipinski definition) is 3. The lowest BCUT2D eigenvalue weighted by atomic mass is 9.81. The molecular weight excluding hydrogens is 358 g/mol. The number of rotatable bonds is 4. The van der Waals surface area contributed by atoms with Crippen LogP contribution in [-0.4, -0.2) is 23.9 Å². The summed E-state index contributed by atoms with van der Waals surface area (Å²) in [4.78, 5) is 15.0. The van der Waals surface area contributed by atoms with Crippen molar-refractivity contribution >= 4 is 16.7 Å². The molecule has 4 nitrogen and oxygen atoms in total. The summed E-state index contributed by atoms with van der Waals surface area (Å²) in [7, 11) is 0. The highest BCUT2D eigenvalue weighted by atomic mass is 16.2. The fourth-order valence-corrected chi connectivity index (χ4v) is 4.38. The minimum atomic E-state index is -0.110. The maximum absolute atomic E-state index is 13.1. The number of carbonyl (C=O) groups excluding carboxylic acids is 1. The largest absolute Gasteiger partial charge is 0.339 e. The van der Waals surface area contributed by atoms with Gasteiger partial charge in [0.25, 0.3) is 5.91 Å². The number of hydrogen-bond donors (Lipinski definition) is 1. The zero-order valence-corrected chi connectivity index (χ0v) is 16.4. The predicted molar refractivity (Wildman–Crippen MR) is 115 cm³/mol. The van der Waals surface area contributed by atoms with Crippen molar-refractivity contribution in [2.45, 2.75) is 25.3 Å². The van der Waals surface area contributed by atoms with E-state index in [0.29, 0.717) is 25.2 Å². The van der Waals surface area contributed by atoms with Crippen molar-refractivity contribution < 1.29 is 4.79 Å². The summed E-state index contributed by atoms with van der Waals surface area (Å²) in [5.74, 6) is 0.235. The minimum absolute atomic E-state index is 0.0605. The van der Waals surface area contributed by atoms with Gasteiger partial charge in [0.15, 0.2) is 0 Å². The molecule has 4 heteroatoms. The molecule has 3 aromatic rings. The Morgan fingerprint density at radius 3 is 2.52 bits per heavy atom. The molecule has 0 aliphatic carbocycles. The van der Waals surface area contributed by atoms with Gasteiger partial charge < -0.3 is 10.6 Å². The lowest BCUT2D eigenvalue weighted by Crippen LogP contribution is -2.39. The second-order valence-electron chi connectivity index (χ2n) is 7.70.